The van der Waals surface area contributed by atoms with E-state index in [1.165, 1.54) is 0 Å². The molecule has 1 aromatic carbocycles. The fourth-order valence-corrected chi connectivity index (χ4v) is 2.29. The van der Waals surface area contributed by atoms with Gasteiger partial charge in [0.05, 0.1) is 17.7 Å². The number of benzene rings is 1. The third-order valence-corrected chi connectivity index (χ3v) is 3.22. The Morgan fingerprint density at radius 3 is 2.78 bits per heavy atom. The zero-order chi connectivity index (χ0) is 13.7. The molecule has 1 N–H and O–H groups in total. The first kappa shape index (κ1) is 14.5. The normalized spacial score (nSPS) is 11.7. The topological polar surface area (TPSA) is 64.3 Å². The Hall–Kier alpha value is -1.54. The molecule has 0 saturated carbocycles. The van der Waals surface area contributed by atoms with Crippen molar-refractivity contribution in [1.29, 1.82) is 5.26 Å². The molecule has 0 spiro atoms. The van der Waals surface area contributed by atoms with Crippen molar-refractivity contribution in [2.75, 3.05) is 11.4 Å². The van der Waals surface area contributed by atoms with E-state index in [0.29, 0.717) is 12.1 Å². The van der Waals surface area contributed by atoms with Crippen LogP contribution in [-0.4, -0.2) is 23.7 Å². The quantitative estimate of drug-likeness (QED) is 0.908. The Morgan fingerprint density at radius 1 is 1.61 bits per heavy atom. The second-order valence-electron chi connectivity index (χ2n) is 4.01. The van der Waals surface area contributed by atoms with Crippen LogP contribution >= 0.6 is 15.9 Å². The summed E-state index contributed by atoms with van der Waals surface area (Å²) < 4.78 is 0.838. The molecular formula is C13H15BrN2O2. The van der Waals surface area contributed by atoms with E-state index in [9.17, 15) is 4.79 Å². The van der Waals surface area contributed by atoms with Crippen LogP contribution in [0, 0.1) is 11.3 Å². The highest BCUT2D eigenvalue weighted by Crippen LogP contribution is 2.26. The molecule has 0 bridgehead atoms. The van der Waals surface area contributed by atoms with E-state index in [2.05, 4.69) is 22.0 Å². The van der Waals surface area contributed by atoms with Crippen LogP contribution in [-0.2, 0) is 4.79 Å². The predicted octanol–water partition coefficient (Wildman–Crippen LogP) is 3.01. The maximum atomic E-state index is 10.8. The van der Waals surface area contributed by atoms with Crippen LogP contribution in [0.4, 0.5) is 5.69 Å². The maximum absolute atomic E-state index is 10.8. The van der Waals surface area contributed by atoms with Gasteiger partial charge in [-0.25, -0.2) is 0 Å². The minimum atomic E-state index is -0.837. The van der Waals surface area contributed by atoms with Crippen molar-refractivity contribution in [1.82, 2.24) is 0 Å². The van der Waals surface area contributed by atoms with E-state index >= 15 is 0 Å². The molecule has 18 heavy (non-hydrogen) atoms. The summed E-state index contributed by atoms with van der Waals surface area (Å²) in [5, 5.41) is 18.0. The Kier molecular flexibility index (Phi) is 5.17. The summed E-state index contributed by atoms with van der Waals surface area (Å²) >= 11 is 3.32. The van der Waals surface area contributed by atoms with E-state index < -0.39 is 5.97 Å². The predicted molar refractivity (Wildman–Crippen MR) is 73.6 cm³/mol. The molecule has 1 aromatic rings. The van der Waals surface area contributed by atoms with E-state index in [1.807, 2.05) is 30.9 Å². The maximum Gasteiger partial charge on any atom is 0.305 e. The third kappa shape index (κ3) is 3.47. The van der Waals surface area contributed by atoms with Gasteiger partial charge >= 0.3 is 5.97 Å². The van der Waals surface area contributed by atoms with Crippen LogP contribution in [0.2, 0.25) is 0 Å². The summed E-state index contributed by atoms with van der Waals surface area (Å²) in [4.78, 5) is 12.7. The van der Waals surface area contributed by atoms with Crippen LogP contribution in [0.15, 0.2) is 22.7 Å². The summed E-state index contributed by atoms with van der Waals surface area (Å²) in [5.41, 5.74) is 1.32. The molecule has 0 radical (unpaired) electrons. The van der Waals surface area contributed by atoms with Gasteiger partial charge in [0, 0.05) is 17.1 Å². The smallest absolute Gasteiger partial charge is 0.305 e. The number of carboxylic acids is 1. The molecule has 0 heterocycles. The fraction of sp³-hybridized carbons (Fsp3) is 0.385. The molecule has 1 rings (SSSR count). The molecule has 0 aliphatic rings. The number of halogens is 1. The Balaban J connectivity index is 3.09. The van der Waals surface area contributed by atoms with Crippen molar-refractivity contribution < 1.29 is 9.90 Å². The van der Waals surface area contributed by atoms with Crippen LogP contribution < -0.4 is 4.90 Å². The molecule has 1 atom stereocenters. The molecule has 1 unspecified atom stereocenters. The van der Waals surface area contributed by atoms with Crippen LogP contribution in [0.1, 0.15) is 25.8 Å². The first-order valence-electron chi connectivity index (χ1n) is 5.67. The number of nitrogens with zero attached hydrogens (tertiary/aromatic N) is 2. The van der Waals surface area contributed by atoms with Gasteiger partial charge in [0.25, 0.3) is 0 Å². The fourth-order valence-electron chi connectivity index (χ4n) is 1.93. The summed E-state index contributed by atoms with van der Waals surface area (Å²) in [6.07, 6.45) is 0.0504. The first-order chi connectivity index (χ1) is 8.49. The van der Waals surface area contributed by atoms with Crippen molar-refractivity contribution in [3.05, 3.63) is 28.2 Å². The lowest BCUT2D eigenvalue weighted by Gasteiger charge is -2.30. The monoisotopic (exact) mass is 310 g/mol. The van der Waals surface area contributed by atoms with Crippen molar-refractivity contribution in [2.45, 2.75) is 26.3 Å². The van der Waals surface area contributed by atoms with Gasteiger partial charge in [-0.05, 0) is 32.0 Å². The highest BCUT2D eigenvalue weighted by atomic mass is 79.9. The molecule has 5 heteroatoms. The molecule has 0 fully saturated rings. The lowest BCUT2D eigenvalue weighted by atomic mass is 10.1. The number of rotatable bonds is 5. The van der Waals surface area contributed by atoms with Gasteiger partial charge in [0.15, 0.2) is 0 Å². The van der Waals surface area contributed by atoms with Gasteiger partial charge in [0.1, 0.15) is 6.07 Å². The Morgan fingerprint density at radius 2 is 2.28 bits per heavy atom. The van der Waals surface area contributed by atoms with Gasteiger partial charge in [0.2, 0.25) is 0 Å². The highest BCUT2D eigenvalue weighted by molar-refractivity contribution is 9.10. The largest absolute Gasteiger partial charge is 0.481 e. The van der Waals surface area contributed by atoms with Crippen LogP contribution in [0.5, 0.6) is 0 Å². The summed E-state index contributed by atoms with van der Waals surface area (Å²) in [6.45, 7) is 4.45. The standard InChI is InChI=1S/C13H15BrN2O2/c1-3-16(9(2)6-13(17)18)12-5-4-11(14)7-10(12)8-15/h4-5,7,9H,3,6H2,1-2H3,(H,17,18). The summed E-state index contributed by atoms with van der Waals surface area (Å²) in [5.74, 6) is -0.837. The second kappa shape index (κ2) is 6.41. The average Bonchev–Trinajstić information content (AvgIpc) is 2.30. The Labute approximate surface area is 115 Å². The number of hydrogen-bond donors (Lipinski definition) is 1. The van der Waals surface area contributed by atoms with Gasteiger partial charge in [-0.1, -0.05) is 15.9 Å². The van der Waals surface area contributed by atoms with Gasteiger partial charge in [-0.3, -0.25) is 4.79 Å². The molecule has 0 aliphatic carbocycles. The van der Waals surface area contributed by atoms with Gasteiger partial charge in [-0.2, -0.15) is 5.26 Å². The van der Waals surface area contributed by atoms with Gasteiger partial charge in [-0.15, -0.1) is 0 Å². The molecule has 0 aromatic heterocycles. The molecule has 4 nitrogen and oxygen atoms in total. The number of anilines is 1. The van der Waals surface area contributed by atoms with E-state index in [4.69, 9.17) is 10.4 Å². The highest BCUT2D eigenvalue weighted by Gasteiger charge is 2.18. The molecule has 0 amide bonds. The second-order valence-corrected chi connectivity index (χ2v) is 4.92. The number of aliphatic carboxylic acids is 1. The van der Waals surface area contributed by atoms with E-state index in [1.54, 1.807) is 6.07 Å². The molecule has 96 valence electrons. The molecule has 0 saturated heterocycles. The number of carboxylic acid groups (broad SMARTS) is 1. The van der Waals surface area contributed by atoms with E-state index in [-0.39, 0.29) is 12.5 Å². The van der Waals surface area contributed by atoms with E-state index in [0.717, 1.165) is 10.2 Å². The molecule has 0 aliphatic heterocycles. The van der Waals surface area contributed by atoms with Crippen molar-refractivity contribution in [2.24, 2.45) is 0 Å². The average molecular weight is 311 g/mol. The zero-order valence-corrected chi connectivity index (χ0v) is 11.9. The third-order valence-electron chi connectivity index (χ3n) is 2.73. The van der Waals surface area contributed by atoms with Crippen LogP contribution in [0.3, 0.4) is 0 Å². The number of nitriles is 1. The minimum Gasteiger partial charge on any atom is -0.481 e. The Bertz CT molecular complexity index is 482. The lowest BCUT2D eigenvalue weighted by molar-refractivity contribution is -0.137. The number of hydrogen-bond acceptors (Lipinski definition) is 3. The zero-order valence-electron chi connectivity index (χ0n) is 10.4. The minimum absolute atomic E-state index is 0.0504. The summed E-state index contributed by atoms with van der Waals surface area (Å²) in [6, 6.07) is 7.42. The van der Waals surface area contributed by atoms with Crippen molar-refractivity contribution in [3.63, 3.8) is 0 Å². The lowest BCUT2D eigenvalue weighted by Crippen LogP contribution is -2.35. The van der Waals surface area contributed by atoms with Crippen molar-refractivity contribution >= 4 is 27.6 Å². The first-order valence-corrected chi connectivity index (χ1v) is 6.47. The van der Waals surface area contributed by atoms with Gasteiger partial charge < -0.3 is 10.0 Å². The molecular weight excluding hydrogens is 296 g/mol. The SMILES string of the molecule is CCN(c1ccc(Br)cc1C#N)C(C)CC(=O)O. The summed E-state index contributed by atoms with van der Waals surface area (Å²) in [7, 11) is 0. The number of carbonyl (C=O) groups is 1. The van der Waals surface area contributed by atoms with Crippen LogP contribution in [0.25, 0.3) is 0 Å². The van der Waals surface area contributed by atoms with Crippen molar-refractivity contribution in [3.8, 4) is 6.07 Å².